The molecule has 0 aliphatic rings. The molecule has 0 radical (unpaired) electrons. The fourth-order valence-electron chi connectivity index (χ4n) is 1.63. The van der Waals surface area contributed by atoms with E-state index in [0.29, 0.717) is 21.4 Å². The summed E-state index contributed by atoms with van der Waals surface area (Å²) >= 11 is 11.8. The van der Waals surface area contributed by atoms with Gasteiger partial charge in [-0.3, -0.25) is 4.79 Å². The van der Waals surface area contributed by atoms with E-state index in [1.165, 1.54) is 0 Å². The Hall–Kier alpha value is -1.58. The summed E-state index contributed by atoms with van der Waals surface area (Å²) in [6.45, 7) is 1.96. The molecule has 1 N–H and O–H groups in total. The van der Waals surface area contributed by atoms with Gasteiger partial charge in [0.15, 0.2) is 0 Å². The smallest absolute Gasteiger partial charge is 0.255 e. The van der Waals surface area contributed by atoms with Gasteiger partial charge in [-0.15, -0.1) is 0 Å². The SMILES string of the molecule is CCc1cc(C(=O)Nc2cccc(Cl)c2)cc(Cl)n1. The minimum absolute atomic E-state index is 0.235. The lowest BCUT2D eigenvalue weighted by Gasteiger charge is -2.07. The van der Waals surface area contributed by atoms with Gasteiger partial charge in [-0.2, -0.15) is 0 Å². The zero-order valence-corrected chi connectivity index (χ0v) is 11.8. The first-order chi connectivity index (χ1) is 9.08. The maximum absolute atomic E-state index is 12.1. The molecular formula is C14H12Cl2N2O. The number of carbonyl (C=O) groups excluding carboxylic acids is 1. The number of rotatable bonds is 3. The lowest BCUT2D eigenvalue weighted by Crippen LogP contribution is -2.12. The second-order valence-corrected chi connectivity index (χ2v) is 4.81. The molecule has 1 aromatic carbocycles. The van der Waals surface area contributed by atoms with Crippen LogP contribution in [0.5, 0.6) is 0 Å². The fourth-order valence-corrected chi connectivity index (χ4v) is 2.05. The highest BCUT2D eigenvalue weighted by Gasteiger charge is 2.09. The first kappa shape index (κ1) is 13.8. The van der Waals surface area contributed by atoms with Gasteiger partial charge in [0, 0.05) is 22.0 Å². The van der Waals surface area contributed by atoms with Crippen LogP contribution in [0.2, 0.25) is 10.2 Å². The summed E-state index contributed by atoms with van der Waals surface area (Å²) in [5.74, 6) is -0.235. The minimum Gasteiger partial charge on any atom is -0.322 e. The van der Waals surface area contributed by atoms with Crippen LogP contribution in [0.3, 0.4) is 0 Å². The second kappa shape index (κ2) is 6.04. The second-order valence-electron chi connectivity index (χ2n) is 3.99. The Balaban J connectivity index is 2.22. The van der Waals surface area contributed by atoms with Gasteiger partial charge >= 0.3 is 0 Å². The maximum atomic E-state index is 12.1. The van der Waals surface area contributed by atoms with E-state index in [2.05, 4.69) is 10.3 Å². The molecule has 0 saturated carbocycles. The van der Waals surface area contributed by atoms with Gasteiger partial charge in [0.2, 0.25) is 0 Å². The van der Waals surface area contributed by atoms with Crippen molar-refractivity contribution in [1.29, 1.82) is 0 Å². The quantitative estimate of drug-likeness (QED) is 0.862. The lowest BCUT2D eigenvalue weighted by atomic mass is 10.2. The van der Waals surface area contributed by atoms with Gasteiger partial charge in [-0.25, -0.2) is 4.98 Å². The van der Waals surface area contributed by atoms with Crippen LogP contribution in [0.1, 0.15) is 23.0 Å². The van der Waals surface area contributed by atoms with Crippen molar-refractivity contribution in [2.75, 3.05) is 5.32 Å². The van der Waals surface area contributed by atoms with Crippen molar-refractivity contribution < 1.29 is 4.79 Å². The molecule has 0 unspecified atom stereocenters. The van der Waals surface area contributed by atoms with E-state index in [9.17, 15) is 4.79 Å². The number of benzene rings is 1. The van der Waals surface area contributed by atoms with Gasteiger partial charge in [0.05, 0.1) is 0 Å². The van der Waals surface area contributed by atoms with E-state index >= 15 is 0 Å². The molecule has 3 nitrogen and oxygen atoms in total. The molecule has 1 aromatic heterocycles. The predicted octanol–water partition coefficient (Wildman–Crippen LogP) is 4.20. The number of hydrogen-bond acceptors (Lipinski definition) is 2. The van der Waals surface area contributed by atoms with Crippen LogP contribution in [0.4, 0.5) is 5.69 Å². The van der Waals surface area contributed by atoms with E-state index in [0.717, 1.165) is 12.1 Å². The first-order valence-corrected chi connectivity index (χ1v) is 6.57. The van der Waals surface area contributed by atoms with E-state index in [1.807, 2.05) is 6.92 Å². The minimum atomic E-state index is -0.235. The molecule has 1 heterocycles. The summed E-state index contributed by atoms with van der Waals surface area (Å²) in [5, 5.41) is 3.65. The number of halogens is 2. The van der Waals surface area contributed by atoms with Crippen LogP contribution in [0.15, 0.2) is 36.4 Å². The summed E-state index contributed by atoms with van der Waals surface area (Å²) in [6.07, 6.45) is 0.720. The Morgan fingerprint density at radius 2 is 2.05 bits per heavy atom. The molecule has 19 heavy (non-hydrogen) atoms. The average molecular weight is 295 g/mol. The number of nitrogens with zero attached hydrogens (tertiary/aromatic N) is 1. The Morgan fingerprint density at radius 3 is 2.74 bits per heavy atom. The van der Waals surface area contributed by atoms with Crippen LogP contribution in [-0.2, 0) is 6.42 Å². The fraction of sp³-hybridized carbons (Fsp3) is 0.143. The Morgan fingerprint density at radius 1 is 1.26 bits per heavy atom. The lowest BCUT2D eigenvalue weighted by molar-refractivity contribution is 0.102. The van der Waals surface area contributed by atoms with Crippen molar-refractivity contribution in [2.24, 2.45) is 0 Å². The van der Waals surface area contributed by atoms with E-state index in [1.54, 1.807) is 36.4 Å². The molecule has 5 heteroatoms. The summed E-state index contributed by atoms with van der Waals surface area (Å²) in [7, 11) is 0. The number of aromatic nitrogens is 1. The van der Waals surface area contributed by atoms with Crippen LogP contribution in [0.25, 0.3) is 0 Å². The molecule has 98 valence electrons. The van der Waals surface area contributed by atoms with Crippen LogP contribution in [0, 0.1) is 0 Å². The molecule has 2 aromatic rings. The Bertz CT molecular complexity index is 614. The standard InChI is InChI=1S/C14H12Cl2N2O/c1-2-11-6-9(7-13(16)17-11)14(19)18-12-5-3-4-10(15)8-12/h3-8H,2H2,1H3,(H,18,19). The highest BCUT2D eigenvalue weighted by atomic mass is 35.5. The number of aryl methyl sites for hydroxylation is 1. The van der Waals surface area contributed by atoms with Crippen LogP contribution in [-0.4, -0.2) is 10.9 Å². The molecular weight excluding hydrogens is 283 g/mol. The third-order valence-electron chi connectivity index (χ3n) is 2.55. The van der Waals surface area contributed by atoms with Crippen molar-refractivity contribution in [2.45, 2.75) is 13.3 Å². The average Bonchev–Trinajstić information content (AvgIpc) is 2.38. The number of hydrogen-bond donors (Lipinski definition) is 1. The van der Waals surface area contributed by atoms with Gasteiger partial charge in [-0.1, -0.05) is 36.2 Å². The highest BCUT2D eigenvalue weighted by molar-refractivity contribution is 6.31. The third kappa shape index (κ3) is 3.69. The molecule has 0 atom stereocenters. The largest absolute Gasteiger partial charge is 0.322 e. The normalized spacial score (nSPS) is 10.3. The van der Waals surface area contributed by atoms with Gasteiger partial charge in [-0.05, 0) is 36.8 Å². The van der Waals surface area contributed by atoms with E-state index < -0.39 is 0 Å². The number of nitrogens with one attached hydrogen (secondary N) is 1. The molecule has 0 aliphatic heterocycles. The molecule has 0 bridgehead atoms. The van der Waals surface area contributed by atoms with Crippen molar-refractivity contribution in [3.8, 4) is 0 Å². The van der Waals surface area contributed by atoms with Crippen molar-refractivity contribution in [3.05, 3.63) is 57.8 Å². The Labute approximate surface area is 121 Å². The van der Waals surface area contributed by atoms with E-state index in [4.69, 9.17) is 23.2 Å². The molecule has 0 aliphatic carbocycles. The van der Waals surface area contributed by atoms with Crippen molar-refractivity contribution >= 4 is 34.8 Å². The first-order valence-electron chi connectivity index (χ1n) is 5.82. The predicted molar refractivity (Wildman–Crippen MR) is 78.0 cm³/mol. The summed E-state index contributed by atoms with van der Waals surface area (Å²) < 4.78 is 0. The summed E-state index contributed by atoms with van der Waals surface area (Å²) in [4.78, 5) is 16.2. The number of carbonyl (C=O) groups is 1. The zero-order valence-electron chi connectivity index (χ0n) is 10.3. The molecule has 1 amide bonds. The van der Waals surface area contributed by atoms with E-state index in [-0.39, 0.29) is 5.91 Å². The maximum Gasteiger partial charge on any atom is 0.255 e. The Kier molecular flexibility index (Phi) is 4.40. The van der Waals surface area contributed by atoms with Crippen LogP contribution >= 0.6 is 23.2 Å². The zero-order chi connectivity index (χ0) is 13.8. The van der Waals surface area contributed by atoms with Crippen LogP contribution < -0.4 is 5.32 Å². The van der Waals surface area contributed by atoms with Crippen molar-refractivity contribution in [1.82, 2.24) is 4.98 Å². The van der Waals surface area contributed by atoms with Gasteiger partial charge < -0.3 is 5.32 Å². The molecule has 2 rings (SSSR count). The monoisotopic (exact) mass is 294 g/mol. The summed E-state index contributed by atoms with van der Waals surface area (Å²) in [6, 6.07) is 10.2. The van der Waals surface area contributed by atoms with Gasteiger partial charge in [0.1, 0.15) is 5.15 Å². The number of anilines is 1. The molecule has 0 saturated heterocycles. The number of pyridine rings is 1. The van der Waals surface area contributed by atoms with Crippen molar-refractivity contribution in [3.63, 3.8) is 0 Å². The number of amides is 1. The summed E-state index contributed by atoms with van der Waals surface area (Å²) in [5.41, 5.74) is 1.91. The third-order valence-corrected chi connectivity index (χ3v) is 2.98. The molecule has 0 spiro atoms. The topological polar surface area (TPSA) is 42.0 Å². The van der Waals surface area contributed by atoms with Gasteiger partial charge in [0.25, 0.3) is 5.91 Å². The molecule has 0 fully saturated rings. The highest BCUT2D eigenvalue weighted by Crippen LogP contribution is 2.17.